The summed E-state index contributed by atoms with van der Waals surface area (Å²) in [6.45, 7) is 1.59. The van der Waals surface area contributed by atoms with Crippen LogP contribution in [0.2, 0.25) is 0 Å². The molecule has 2 rings (SSSR count). The average Bonchev–Trinajstić information content (AvgIpc) is 2.60. The molecule has 0 bridgehead atoms. The van der Waals surface area contributed by atoms with Crippen molar-refractivity contribution in [2.24, 2.45) is 5.73 Å². The molecule has 0 aliphatic rings. The molecule has 6 heteroatoms. The number of nitrogens with two attached hydrogens (primary N) is 1. The SMILES string of the molecule is Cc1oc2cc(CCC(F)(F)F)ccc2c1C(N)=O. The lowest BCUT2D eigenvalue weighted by molar-refractivity contribution is -0.133. The molecule has 1 aromatic heterocycles. The fraction of sp³-hybridized carbons (Fsp3) is 0.308. The maximum absolute atomic E-state index is 12.1. The normalized spacial score (nSPS) is 12.0. The Hall–Kier alpha value is -1.98. The Morgan fingerprint density at radius 2 is 2.05 bits per heavy atom. The number of primary amides is 1. The predicted octanol–water partition coefficient (Wildman–Crippen LogP) is 3.34. The Morgan fingerprint density at radius 1 is 1.37 bits per heavy atom. The molecular formula is C13H12F3NO2. The van der Waals surface area contributed by atoms with Crippen LogP contribution < -0.4 is 5.73 Å². The highest BCUT2D eigenvalue weighted by Gasteiger charge is 2.26. The van der Waals surface area contributed by atoms with Gasteiger partial charge in [0.2, 0.25) is 0 Å². The van der Waals surface area contributed by atoms with Crippen molar-refractivity contribution in [1.29, 1.82) is 0 Å². The molecule has 0 unspecified atom stereocenters. The van der Waals surface area contributed by atoms with Crippen LogP contribution >= 0.6 is 0 Å². The fourth-order valence-electron chi connectivity index (χ4n) is 2.01. The Bertz CT molecular complexity index is 629. The van der Waals surface area contributed by atoms with Gasteiger partial charge in [0.25, 0.3) is 5.91 Å². The van der Waals surface area contributed by atoms with Gasteiger partial charge in [-0.25, -0.2) is 0 Å². The Kier molecular flexibility index (Phi) is 3.26. The summed E-state index contributed by atoms with van der Waals surface area (Å²) in [6, 6.07) is 4.63. The van der Waals surface area contributed by atoms with Crippen LogP contribution in [0.5, 0.6) is 0 Å². The molecule has 0 spiro atoms. The van der Waals surface area contributed by atoms with Crippen molar-refractivity contribution in [1.82, 2.24) is 0 Å². The largest absolute Gasteiger partial charge is 0.461 e. The second-order valence-electron chi connectivity index (χ2n) is 4.34. The van der Waals surface area contributed by atoms with Crippen LogP contribution in [0.25, 0.3) is 11.0 Å². The molecule has 102 valence electrons. The molecular weight excluding hydrogens is 259 g/mol. The third-order valence-corrected chi connectivity index (χ3v) is 2.87. The molecule has 19 heavy (non-hydrogen) atoms. The first kappa shape index (κ1) is 13.5. The first-order chi connectivity index (χ1) is 8.78. The van der Waals surface area contributed by atoms with Gasteiger partial charge in [0.05, 0.1) is 5.56 Å². The number of aryl methyl sites for hydroxylation is 2. The topological polar surface area (TPSA) is 56.2 Å². The number of benzene rings is 1. The van der Waals surface area contributed by atoms with E-state index >= 15 is 0 Å². The van der Waals surface area contributed by atoms with Crippen LogP contribution in [0.4, 0.5) is 13.2 Å². The molecule has 1 amide bonds. The molecule has 0 fully saturated rings. The van der Waals surface area contributed by atoms with E-state index < -0.39 is 18.5 Å². The molecule has 1 heterocycles. The summed E-state index contributed by atoms with van der Waals surface area (Å²) in [5.41, 5.74) is 6.40. The molecule has 0 saturated carbocycles. The van der Waals surface area contributed by atoms with Crippen LogP contribution in [0.1, 0.15) is 28.1 Å². The Balaban J connectivity index is 2.35. The van der Waals surface area contributed by atoms with E-state index in [1.807, 2.05) is 0 Å². The van der Waals surface area contributed by atoms with E-state index in [1.165, 1.54) is 6.07 Å². The van der Waals surface area contributed by atoms with Gasteiger partial charge in [-0.15, -0.1) is 0 Å². The monoisotopic (exact) mass is 271 g/mol. The van der Waals surface area contributed by atoms with Gasteiger partial charge >= 0.3 is 6.18 Å². The Morgan fingerprint density at radius 3 is 2.63 bits per heavy atom. The highest BCUT2D eigenvalue weighted by molar-refractivity contribution is 6.06. The fourth-order valence-corrected chi connectivity index (χ4v) is 2.01. The lowest BCUT2D eigenvalue weighted by Crippen LogP contribution is -2.11. The number of hydrogen-bond donors (Lipinski definition) is 1. The van der Waals surface area contributed by atoms with Gasteiger partial charge in [-0.05, 0) is 25.0 Å². The first-order valence-corrected chi connectivity index (χ1v) is 5.66. The highest BCUT2D eigenvalue weighted by Crippen LogP contribution is 2.28. The summed E-state index contributed by atoms with van der Waals surface area (Å²) in [5, 5.41) is 0.528. The van der Waals surface area contributed by atoms with E-state index in [9.17, 15) is 18.0 Å². The van der Waals surface area contributed by atoms with Gasteiger partial charge in [0.1, 0.15) is 11.3 Å². The van der Waals surface area contributed by atoms with Crippen LogP contribution in [-0.2, 0) is 6.42 Å². The van der Waals surface area contributed by atoms with Crippen molar-refractivity contribution in [3.05, 3.63) is 35.1 Å². The summed E-state index contributed by atoms with van der Waals surface area (Å²) in [5.74, 6) is -0.241. The van der Waals surface area contributed by atoms with E-state index in [4.69, 9.17) is 10.2 Å². The maximum Gasteiger partial charge on any atom is 0.389 e. The summed E-state index contributed by atoms with van der Waals surface area (Å²) in [7, 11) is 0. The molecule has 2 N–H and O–H groups in total. The molecule has 2 aromatic rings. The molecule has 0 atom stereocenters. The number of hydrogen-bond acceptors (Lipinski definition) is 2. The lowest BCUT2D eigenvalue weighted by atomic mass is 10.1. The van der Waals surface area contributed by atoms with E-state index in [-0.39, 0.29) is 12.0 Å². The maximum atomic E-state index is 12.1. The summed E-state index contributed by atoms with van der Waals surface area (Å²) in [4.78, 5) is 11.3. The molecule has 0 aliphatic heterocycles. The number of carbonyl (C=O) groups is 1. The zero-order valence-electron chi connectivity index (χ0n) is 10.2. The minimum atomic E-state index is -4.19. The average molecular weight is 271 g/mol. The van der Waals surface area contributed by atoms with Gasteiger partial charge < -0.3 is 10.2 Å². The first-order valence-electron chi connectivity index (χ1n) is 5.66. The molecule has 1 aromatic carbocycles. The van der Waals surface area contributed by atoms with Crippen LogP contribution in [0.15, 0.2) is 22.6 Å². The number of carbonyl (C=O) groups excluding carboxylic acids is 1. The van der Waals surface area contributed by atoms with Crippen LogP contribution in [0.3, 0.4) is 0 Å². The second kappa shape index (κ2) is 4.60. The van der Waals surface area contributed by atoms with E-state index in [1.54, 1.807) is 19.1 Å². The van der Waals surface area contributed by atoms with Gasteiger partial charge in [0, 0.05) is 11.8 Å². The number of fused-ring (bicyclic) bond motifs is 1. The number of amides is 1. The minimum Gasteiger partial charge on any atom is -0.461 e. The van der Waals surface area contributed by atoms with Crippen LogP contribution in [-0.4, -0.2) is 12.1 Å². The van der Waals surface area contributed by atoms with Gasteiger partial charge in [0.15, 0.2) is 0 Å². The third kappa shape index (κ3) is 2.89. The van der Waals surface area contributed by atoms with Crippen molar-refractivity contribution in [2.45, 2.75) is 25.9 Å². The third-order valence-electron chi connectivity index (χ3n) is 2.87. The van der Waals surface area contributed by atoms with Crippen molar-refractivity contribution < 1.29 is 22.4 Å². The zero-order valence-corrected chi connectivity index (χ0v) is 10.2. The van der Waals surface area contributed by atoms with Crippen molar-refractivity contribution in [3.8, 4) is 0 Å². The smallest absolute Gasteiger partial charge is 0.389 e. The number of halogens is 3. The number of alkyl halides is 3. The van der Waals surface area contributed by atoms with Gasteiger partial charge in [-0.3, -0.25) is 4.79 Å². The van der Waals surface area contributed by atoms with E-state index in [2.05, 4.69) is 0 Å². The van der Waals surface area contributed by atoms with Crippen LogP contribution in [0, 0.1) is 6.92 Å². The predicted molar refractivity (Wildman–Crippen MR) is 63.8 cm³/mol. The molecule has 0 saturated heterocycles. The number of rotatable bonds is 3. The van der Waals surface area contributed by atoms with Crippen molar-refractivity contribution in [3.63, 3.8) is 0 Å². The van der Waals surface area contributed by atoms with E-state index in [0.29, 0.717) is 22.3 Å². The van der Waals surface area contributed by atoms with Crippen molar-refractivity contribution in [2.75, 3.05) is 0 Å². The summed E-state index contributed by atoms with van der Waals surface area (Å²) in [6.07, 6.45) is -5.20. The van der Waals surface area contributed by atoms with Gasteiger partial charge in [-0.1, -0.05) is 12.1 Å². The molecule has 0 radical (unpaired) electrons. The highest BCUT2D eigenvalue weighted by atomic mass is 19.4. The summed E-state index contributed by atoms with van der Waals surface area (Å²) < 4.78 is 41.8. The van der Waals surface area contributed by atoms with E-state index in [0.717, 1.165) is 0 Å². The summed E-state index contributed by atoms with van der Waals surface area (Å²) >= 11 is 0. The van der Waals surface area contributed by atoms with Gasteiger partial charge in [-0.2, -0.15) is 13.2 Å². The number of furan rings is 1. The Labute approximate surface area is 107 Å². The standard InChI is InChI=1S/C13H12F3NO2/c1-7-11(12(17)18)9-3-2-8(6-10(9)19-7)4-5-13(14,15)16/h2-3,6H,4-5H2,1H3,(H2,17,18). The molecule has 3 nitrogen and oxygen atoms in total. The molecule has 0 aliphatic carbocycles. The lowest BCUT2D eigenvalue weighted by Gasteiger charge is -2.05. The quantitative estimate of drug-likeness (QED) is 0.930. The minimum absolute atomic E-state index is 0.120. The zero-order chi connectivity index (χ0) is 14.2. The second-order valence-corrected chi connectivity index (χ2v) is 4.34. The van der Waals surface area contributed by atoms with Crippen molar-refractivity contribution >= 4 is 16.9 Å².